The number of nitrogens with zero attached hydrogens (tertiary/aromatic N) is 3. The van der Waals surface area contributed by atoms with E-state index >= 15 is 0 Å². The lowest BCUT2D eigenvalue weighted by molar-refractivity contribution is 0.118. The van der Waals surface area contributed by atoms with Gasteiger partial charge in [-0.05, 0) is 19.3 Å². The van der Waals surface area contributed by atoms with Gasteiger partial charge in [-0.1, -0.05) is 13.8 Å². The molecule has 1 aromatic heterocycles. The zero-order valence-corrected chi connectivity index (χ0v) is 12.5. The predicted molar refractivity (Wildman–Crippen MR) is 77.9 cm³/mol. The molecular formula is C14H24N4O. The maximum absolute atomic E-state index is 5.66. The van der Waals surface area contributed by atoms with Crippen LogP contribution in [0.1, 0.15) is 38.7 Å². The minimum Gasteiger partial charge on any atom is -0.376 e. The molecule has 19 heavy (non-hydrogen) atoms. The van der Waals surface area contributed by atoms with Gasteiger partial charge in [0.2, 0.25) is 0 Å². The highest BCUT2D eigenvalue weighted by Gasteiger charge is 2.30. The smallest absolute Gasteiger partial charge is 0.137 e. The number of anilines is 2. The largest absolute Gasteiger partial charge is 0.376 e. The van der Waals surface area contributed by atoms with Crippen molar-refractivity contribution in [1.82, 2.24) is 9.97 Å². The predicted octanol–water partition coefficient (Wildman–Crippen LogP) is 2.26. The lowest BCUT2D eigenvalue weighted by Crippen LogP contribution is -2.38. The van der Waals surface area contributed by atoms with Crippen molar-refractivity contribution < 1.29 is 4.74 Å². The summed E-state index contributed by atoms with van der Waals surface area (Å²) in [5.41, 5.74) is 1.17. The van der Waals surface area contributed by atoms with Crippen molar-refractivity contribution in [1.29, 1.82) is 0 Å². The van der Waals surface area contributed by atoms with Gasteiger partial charge >= 0.3 is 0 Å². The minimum atomic E-state index is 0.248. The average Bonchev–Trinajstić information content (AvgIpc) is 2.83. The number of hydrogen-bond acceptors (Lipinski definition) is 5. The summed E-state index contributed by atoms with van der Waals surface area (Å²) < 4.78 is 5.66. The van der Waals surface area contributed by atoms with E-state index in [1.165, 1.54) is 5.56 Å². The van der Waals surface area contributed by atoms with Crippen molar-refractivity contribution in [3.8, 4) is 0 Å². The molecule has 0 bridgehead atoms. The van der Waals surface area contributed by atoms with Gasteiger partial charge in [-0.3, -0.25) is 0 Å². The molecule has 2 atom stereocenters. The van der Waals surface area contributed by atoms with Gasteiger partial charge in [0.25, 0.3) is 0 Å². The van der Waals surface area contributed by atoms with Crippen LogP contribution in [0, 0.1) is 0 Å². The number of likely N-dealkylation sites (N-methyl/N-ethyl adjacent to an activating group) is 1. The topological polar surface area (TPSA) is 50.3 Å². The van der Waals surface area contributed by atoms with E-state index in [9.17, 15) is 0 Å². The van der Waals surface area contributed by atoms with Gasteiger partial charge in [-0.2, -0.15) is 0 Å². The first-order valence-corrected chi connectivity index (χ1v) is 6.93. The Morgan fingerprint density at radius 1 is 1.42 bits per heavy atom. The molecule has 1 aromatic rings. The summed E-state index contributed by atoms with van der Waals surface area (Å²) in [7, 11) is 4.00. The van der Waals surface area contributed by atoms with E-state index < -0.39 is 0 Å². The summed E-state index contributed by atoms with van der Waals surface area (Å²) in [6.45, 7) is 7.30. The molecule has 2 unspecified atom stereocenters. The second-order valence-electron chi connectivity index (χ2n) is 5.41. The Morgan fingerprint density at radius 2 is 2.16 bits per heavy atom. The van der Waals surface area contributed by atoms with Gasteiger partial charge in [0, 0.05) is 26.3 Å². The van der Waals surface area contributed by atoms with Gasteiger partial charge in [0.1, 0.15) is 18.0 Å². The van der Waals surface area contributed by atoms with Crippen molar-refractivity contribution in [2.24, 2.45) is 0 Å². The normalized spacial score (nSPS) is 22.8. The molecule has 2 heterocycles. The van der Waals surface area contributed by atoms with Crippen LogP contribution in [-0.2, 0) is 4.74 Å². The Labute approximate surface area is 115 Å². The number of nitrogens with one attached hydrogen (secondary N) is 1. The quantitative estimate of drug-likeness (QED) is 0.904. The molecule has 1 aliphatic heterocycles. The van der Waals surface area contributed by atoms with E-state index in [2.05, 4.69) is 48.0 Å². The SMILES string of the molecule is CNc1ncnc(N(C)C2CCOC2C)c1C(C)C. The number of hydrogen-bond donors (Lipinski definition) is 1. The Kier molecular flexibility index (Phi) is 4.24. The van der Waals surface area contributed by atoms with Crippen molar-refractivity contribution in [2.45, 2.75) is 45.3 Å². The molecule has 5 heteroatoms. The molecule has 0 aliphatic carbocycles. The van der Waals surface area contributed by atoms with Crippen LogP contribution in [0.2, 0.25) is 0 Å². The molecule has 2 rings (SSSR count). The molecule has 5 nitrogen and oxygen atoms in total. The van der Waals surface area contributed by atoms with Crippen LogP contribution in [-0.4, -0.2) is 42.8 Å². The third kappa shape index (κ3) is 2.66. The van der Waals surface area contributed by atoms with Crippen molar-refractivity contribution in [3.05, 3.63) is 11.9 Å². The van der Waals surface area contributed by atoms with E-state index in [4.69, 9.17) is 4.74 Å². The van der Waals surface area contributed by atoms with E-state index in [1.54, 1.807) is 6.33 Å². The minimum absolute atomic E-state index is 0.248. The maximum Gasteiger partial charge on any atom is 0.137 e. The number of rotatable bonds is 4. The molecule has 0 spiro atoms. The fourth-order valence-corrected chi connectivity index (χ4v) is 2.78. The van der Waals surface area contributed by atoms with Crippen molar-refractivity contribution >= 4 is 11.6 Å². The number of aromatic nitrogens is 2. The lowest BCUT2D eigenvalue weighted by Gasteiger charge is -2.30. The van der Waals surface area contributed by atoms with E-state index in [0.29, 0.717) is 12.0 Å². The molecule has 0 radical (unpaired) electrons. The van der Waals surface area contributed by atoms with Gasteiger partial charge in [-0.25, -0.2) is 9.97 Å². The van der Waals surface area contributed by atoms with Crippen LogP contribution in [0.4, 0.5) is 11.6 Å². The zero-order valence-electron chi connectivity index (χ0n) is 12.5. The van der Waals surface area contributed by atoms with Crippen LogP contribution < -0.4 is 10.2 Å². The summed E-state index contributed by atoms with van der Waals surface area (Å²) in [4.78, 5) is 11.1. The molecule has 1 saturated heterocycles. The number of ether oxygens (including phenoxy) is 1. The molecule has 106 valence electrons. The molecule has 1 aliphatic rings. The monoisotopic (exact) mass is 264 g/mol. The summed E-state index contributed by atoms with van der Waals surface area (Å²) >= 11 is 0. The molecular weight excluding hydrogens is 240 g/mol. The Bertz CT molecular complexity index is 435. The third-order valence-electron chi connectivity index (χ3n) is 3.84. The molecule has 0 saturated carbocycles. The first-order chi connectivity index (χ1) is 9.06. The highest BCUT2D eigenvalue weighted by atomic mass is 16.5. The Hall–Kier alpha value is -1.36. The summed E-state index contributed by atoms with van der Waals surface area (Å²) in [6, 6.07) is 0.386. The fourth-order valence-electron chi connectivity index (χ4n) is 2.78. The Balaban J connectivity index is 2.38. The standard InChI is InChI=1S/C14H24N4O/c1-9(2)12-13(15-4)16-8-17-14(12)18(5)11-6-7-19-10(11)3/h8-11H,6-7H2,1-5H3,(H,15,16,17). The van der Waals surface area contributed by atoms with Crippen LogP contribution >= 0.6 is 0 Å². The van der Waals surface area contributed by atoms with E-state index in [1.807, 2.05) is 7.05 Å². The second kappa shape index (κ2) is 5.74. The zero-order chi connectivity index (χ0) is 14.0. The van der Waals surface area contributed by atoms with E-state index in [-0.39, 0.29) is 6.10 Å². The van der Waals surface area contributed by atoms with Crippen LogP contribution in [0.15, 0.2) is 6.33 Å². The van der Waals surface area contributed by atoms with Crippen LogP contribution in [0.5, 0.6) is 0 Å². The van der Waals surface area contributed by atoms with Gasteiger partial charge < -0.3 is 15.0 Å². The first-order valence-electron chi connectivity index (χ1n) is 6.93. The van der Waals surface area contributed by atoms with Crippen molar-refractivity contribution in [2.75, 3.05) is 30.9 Å². The van der Waals surface area contributed by atoms with E-state index in [0.717, 1.165) is 24.7 Å². The second-order valence-corrected chi connectivity index (χ2v) is 5.41. The highest BCUT2D eigenvalue weighted by molar-refractivity contribution is 5.60. The Morgan fingerprint density at radius 3 is 2.68 bits per heavy atom. The highest BCUT2D eigenvalue weighted by Crippen LogP contribution is 2.33. The molecule has 0 aromatic carbocycles. The molecule has 0 amide bonds. The summed E-state index contributed by atoms with van der Waals surface area (Å²) in [5, 5.41) is 3.16. The van der Waals surface area contributed by atoms with Gasteiger partial charge in [0.15, 0.2) is 0 Å². The lowest BCUT2D eigenvalue weighted by atomic mass is 10.0. The van der Waals surface area contributed by atoms with Crippen molar-refractivity contribution in [3.63, 3.8) is 0 Å². The van der Waals surface area contributed by atoms with Crippen LogP contribution in [0.3, 0.4) is 0 Å². The molecule has 1 fully saturated rings. The average molecular weight is 264 g/mol. The molecule has 1 N–H and O–H groups in total. The van der Waals surface area contributed by atoms with Gasteiger partial charge in [0.05, 0.1) is 12.1 Å². The third-order valence-corrected chi connectivity index (χ3v) is 3.84. The van der Waals surface area contributed by atoms with Crippen LogP contribution in [0.25, 0.3) is 0 Å². The first kappa shape index (κ1) is 14.1. The van der Waals surface area contributed by atoms with Gasteiger partial charge in [-0.15, -0.1) is 0 Å². The summed E-state index contributed by atoms with van der Waals surface area (Å²) in [6.07, 6.45) is 2.93. The summed E-state index contributed by atoms with van der Waals surface area (Å²) in [5.74, 6) is 2.30. The fraction of sp³-hybridized carbons (Fsp3) is 0.714. The maximum atomic E-state index is 5.66.